The van der Waals surface area contributed by atoms with Crippen LogP contribution in [0.15, 0.2) is 36.7 Å². The predicted molar refractivity (Wildman–Crippen MR) is 95.6 cm³/mol. The molecule has 0 atom stereocenters. The largest absolute Gasteiger partial charge is 0.433 e. The molecule has 142 valence electrons. The highest BCUT2D eigenvalue weighted by Crippen LogP contribution is 2.30. The number of fused-ring (bicyclic) bond motifs is 1. The van der Waals surface area contributed by atoms with Gasteiger partial charge in [0.15, 0.2) is 5.69 Å². The smallest absolute Gasteiger partial charge is 0.371 e. The van der Waals surface area contributed by atoms with Crippen molar-refractivity contribution in [1.29, 1.82) is 0 Å². The molecule has 0 radical (unpaired) electrons. The van der Waals surface area contributed by atoms with Gasteiger partial charge in [-0.3, -0.25) is 0 Å². The van der Waals surface area contributed by atoms with E-state index in [2.05, 4.69) is 31.3 Å². The maximum absolute atomic E-state index is 13.1. The van der Waals surface area contributed by atoms with Crippen molar-refractivity contribution < 1.29 is 13.2 Å². The number of nitrogens with zero attached hydrogens (tertiary/aromatic N) is 5. The van der Waals surface area contributed by atoms with Crippen molar-refractivity contribution in [2.45, 2.75) is 32.0 Å². The van der Waals surface area contributed by atoms with Crippen LogP contribution in [0.3, 0.4) is 0 Å². The van der Waals surface area contributed by atoms with Crippen LogP contribution < -0.4 is 10.2 Å². The van der Waals surface area contributed by atoms with Gasteiger partial charge in [-0.25, -0.2) is 4.98 Å². The third kappa shape index (κ3) is 3.67. The average Bonchev–Trinajstić information content (AvgIpc) is 3.15. The fraction of sp³-hybridized carbons (Fsp3) is 0.389. The molecule has 1 saturated heterocycles. The highest BCUT2D eigenvalue weighted by atomic mass is 19.4. The Morgan fingerprint density at radius 3 is 2.63 bits per heavy atom. The van der Waals surface area contributed by atoms with E-state index in [9.17, 15) is 13.2 Å². The fourth-order valence-electron chi connectivity index (χ4n) is 3.37. The van der Waals surface area contributed by atoms with Crippen molar-refractivity contribution >= 4 is 17.3 Å². The molecule has 2 aromatic heterocycles. The number of nitrogens with one attached hydrogen (secondary N) is 1. The van der Waals surface area contributed by atoms with E-state index in [1.54, 1.807) is 0 Å². The highest BCUT2D eigenvalue weighted by Gasteiger charge is 2.34. The molecule has 1 aliphatic heterocycles. The van der Waals surface area contributed by atoms with E-state index >= 15 is 0 Å². The SMILES string of the molecule is FC(F)(F)c1cc(NCc2ccccc2N2CCCCC2)n2ncnc2n1. The summed E-state index contributed by atoms with van der Waals surface area (Å²) in [5.74, 6) is 0.120. The Morgan fingerprint density at radius 1 is 1.07 bits per heavy atom. The van der Waals surface area contributed by atoms with Crippen LogP contribution in [-0.4, -0.2) is 32.7 Å². The van der Waals surface area contributed by atoms with E-state index in [1.165, 1.54) is 17.3 Å². The summed E-state index contributed by atoms with van der Waals surface area (Å²) in [5.41, 5.74) is 1.15. The first-order chi connectivity index (χ1) is 13.0. The average molecular weight is 376 g/mol. The number of hydrogen-bond acceptors (Lipinski definition) is 5. The minimum atomic E-state index is -4.55. The van der Waals surface area contributed by atoms with Crippen LogP contribution in [0.4, 0.5) is 24.7 Å². The van der Waals surface area contributed by atoms with Crippen molar-refractivity contribution in [3.63, 3.8) is 0 Å². The first-order valence-corrected chi connectivity index (χ1v) is 8.87. The number of aromatic nitrogens is 4. The van der Waals surface area contributed by atoms with E-state index in [4.69, 9.17) is 0 Å². The molecular weight excluding hydrogens is 357 g/mol. The molecule has 4 rings (SSSR count). The number of rotatable bonds is 4. The van der Waals surface area contributed by atoms with E-state index in [0.29, 0.717) is 6.54 Å². The summed E-state index contributed by atoms with van der Waals surface area (Å²) >= 11 is 0. The maximum atomic E-state index is 13.1. The molecule has 0 spiro atoms. The molecule has 1 aliphatic rings. The zero-order chi connectivity index (χ0) is 18.9. The molecule has 3 aromatic rings. The first-order valence-electron chi connectivity index (χ1n) is 8.87. The molecular formula is C18H19F3N6. The monoisotopic (exact) mass is 376 g/mol. The van der Waals surface area contributed by atoms with Crippen molar-refractivity contribution in [2.75, 3.05) is 23.3 Å². The molecule has 0 bridgehead atoms. The Hall–Kier alpha value is -2.84. The van der Waals surface area contributed by atoms with Gasteiger partial charge in [0.1, 0.15) is 12.1 Å². The molecule has 1 aromatic carbocycles. The van der Waals surface area contributed by atoms with Gasteiger partial charge in [-0.2, -0.15) is 27.8 Å². The van der Waals surface area contributed by atoms with E-state index in [-0.39, 0.29) is 11.6 Å². The van der Waals surface area contributed by atoms with E-state index in [0.717, 1.165) is 43.2 Å². The van der Waals surface area contributed by atoms with Crippen LogP contribution >= 0.6 is 0 Å². The molecule has 0 saturated carbocycles. The number of benzene rings is 1. The predicted octanol–water partition coefficient (Wildman–Crippen LogP) is 3.75. The summed E-state index contributed by atoms with van der Waals surface area (Å²) in [6.07, 6.45) is 0.185. The second-order valence-corrected chi connectivity index (χ2v) is 6.53. The maximum Gasteiger partial charge on any atom is 0.433 e. The quantitative estimate of drug-likeness (QED) is 0.752. The third-order valence-corrected chi connectivity index (χ3v) is 4.69. The molecule has 9 heteroatoms. The van der Waals surface area contributed by atoms with Gasteiger partial charge in [-0.05, 0) is 30.9 Å². The molecule has 27 heavy (non-hydrogen) atoms. The number of para-hydroxylation sites is 1. The van der Waals surface area contributed by atoms with Crippen LogP contribution in [0.2, 0.25) is 0 Å². The minimum Gasteiger partial charge on any atom is -0.371 e. The lowest BCUT2D eigenvalue weighted by atomic mass is 10.1. The molecule has 0 unspecified atom stereocenters. The molecule has 1 N–H and O–H groups in total. The Bertz CT molecular complexity index is 930. The molecule has 3 heterocycles. The zero-order valence-electron chi connectivity index (χ0n) is 14.6. The van der Waals surface area contributed by atoms with Gasteiger partial charge in [0, 0.05) is 31.4 Å². The number of anilines is 2. The molecule has 1 fully saturated rings. The lowest BCUT2D eigenvalue weighted by molar-refractivity contribution is -0.141. The van der Waals surface area contributed by atoms with Gasteiger partial charge in [0.05, 0.1) is 0 Å². The highest BCUT2D eigenvalue weighted by molar-refractivity contribution is 5.56. The molecule has 0 amide bonds. The van der Waals surface area contributed by atoms with Crippen molar-refractivity contribution in [1.82, 2.24) is 19.6 Å². The summed E-state index contributed by atoms with van der Waals surface area (Å²) in [4.78, 5) is 9.65. The Balaban J connectivity index is 1.62. The van der Waals surface area contributed by atoms with Crippen molar-refractivity contribution in [3.05, 3.63) is 47.9 Å². The van der Waals surface area contributed by atoms with Crippen molar-refractivity contribution in [3.8, 4) is 0 Å². The van der Waals surface area contributed by atoms with Crippen LogP contribution in [0.1, 0.15) is 30.5 Å². The van der Waals surface area contributed by atoms with Crippen LogP contribution in [0, 0.1) is 0 Å². The van der Waals surface area contributed by atoms with Crippen LogP contribution in [-0.2, 0) is 12.7 Å². The fourth-order valence-corrected chi connectivity index (χ4v) is 3.37. The molecule has 6 nitrogen and oxygen atoms in total. The number of piperidine rings is 1. The topological polar surface area (TPSA) is 58.4 Å². The van der Waals surface area contributed by atoms with Gasteiger partial charge in [-0.15, -0.1) is 0 Å². The summed E-state index contributed by atoms with van der Waals surface area (Å²) in [6.45, 7) is 2.37. The van der Waals surface area contributed by atoms with Crippen LogP contribution in [0.25, 0.3) is 5.78 Å². The Kier molecular flexibility index (Phi) is 4.59. The van der Waals surface area contributed by atoms with Gasteiger partial charge >= 0.3 is 6.18 Å². The third-order valence-electron chi connectivity index (χ3n) is 4.69. The molecule has 0 aliphatic carbocycles. The number of hydrogen-bond donors (Lipinski definition) is 1. The Morgan fingerprint density at radius 2 is 1.85 bits per heavy atom. The normalized spacial score (nSPS) is 15.3. The van der Waals surface area contributed by atoms with Crippen molar-refractivity contribution in [2.24, 2.45) is 0 Å². The van der Waals surface area contributed by atoms with E-state index < -0.39 is 11.9 Å². The van der Waals surface area contributed by atoms with Gasteiger partial charge in [-0.1, -0.05) is 18.2 Å². The summed E-state index contributed by atoms with van der Waals surface area (Å²) in [6, 6.07) is 8.92. The standard InChI is InChI=1S/C18H19F3N6/c19-18(20,21)15-10-16(27-17(25-15)23-12-24-27)22-11-13-6-2-3-7-14(13)26-8-4-1-5-9-26/h2-3,6-7,10,12,22H,1,4-5,8-9,11H2. The van der Waals surface area contributed by atoms with Crippen LogP contribution in [0.5, 0.6) is 0 Å². The number of halogens is 3. The van der Waals surface area contributed by atoms with Gasteiger partial charge < -0.3 is 10.2 Å². The second kappa shape index (κ2) is 7.05. The number of alkyl halides is 3. The summed E-state index contributed by atoms with van der Waals surface area (Å²) < 4.78 is 40.6. The van der Waals surface area contributed by atoms with Gasteiger partial charge in [0.25, 0.3) is 5.78 Å². The lowest BCUT2D eigenvalue weighted by Crippen LogP contribution is -2.30. The first kappa shape index (κ1) is 17.6. The lowest BCUT2D eigenvalue weighted by Gasteiger charge is -2.30. The van der Waals surface area contributed by atoms with Gasteiger partial charge in [0.2, 0.25) is 0 Å². The second-order valence-electron chi connectivity index (χ2n) is 6.53. The Labute approximate surface area is 154 Å². The summed E-state index contributed by atoms with van der Waals surface area (Å²) in [7, 11) is 0. The summed E-state index contributed by atoms with van der Waals surface area (Å²) in [5, 5.41) is 7.05. The van der Waals surface area contributed by atoms with E-state index in [1.807, 2.05) is 18.2 Å². The zero-order valence-corrected chi connectivity index (χ0v) is 14.6. The minimum absolute atomic E-state index is 0.0864.